The molecule has 0 saturated carbocycles. The molecule has 2 aromatic heterocycles. The van der Waals surface area contributed by atoms with Gasteiger partial charge in [0.05, 0.1) is 18.2 Å². The molecule has 0 atom stereocenters. The minimum atomic E-state index is -0.232. The molecule has 1 N–H and O–H groups in total. The lowest BCUT2D eigenvalue weighted by molar-refractivity contribution is -0.116. The quantitative estimate of drug-likeness (QED) is 0.548. The number of amides is 1. The Bertz CT molecular complexity index is 1250. The number of aryl methyl sites for hydroxylation is 1. The first-order valence-corrected chi connectivity index (χ1v) is 9.46. The topological polar surface area (TPSA) is 81.8 Å². The summed E-state index contributed by atoms with van der Waals surface area (Å²) >= 11 is 6.08. The highest BCUT2D eigenvalue weighted by Crippen LogP contribution is 2.23. The van der Waals surface area contributed by atoms with Gasteiger partial charge in [-0.1, -0.05) is 35.9 Å². The van der Waals surface area contributed by atoms with Gasteiger partial charge in [-0.15, -0.1) is 0 Å². The van der Waals surface area contributed by atoms with Crippen LogP contribution >= 0.6 is 11.6 Å². The minimum absolute atomic E-state index is 0.131. The molecule has 2 heterocycles. The Hall–Kier alpha value is -3.45. The SMILES string of the molecule is Cc1c(Cl)cccc1NC(=O)CCn1cnc2c(cnn2-c2ccccc2)c1=O. The maximum atomic E-state index is 12.8. The van der Waals surface area contributed by atoms with Gasteiger partial charge < -0.3 is 5.32 Å². The summed E-state index contributed by atoms with van der Waals surface area (Å²) in [5.74, 6) is -0.206. The molecule has 4 rings (SSSR count). The van der Waals surface area contributed by atoms with Crippen LogP contribution in [0.3, 0.4) is 0 Å². The summed E-state index contributed by atoms with van der Waals surface area (Å²) in [6.07, 6.45) is 3.08. The van der Waals surface area contributed by atoms with E-state index in [0.29, 0.717) is 21.7 Å². The van der Waals surface area contributed by atoms with E-state index in [1.165, 1.54) is 17.1 Å². The van der Waals surface area contributed by atoms with Gasteiger partial charge in [0.15, 0.2) is 5.65 Å². The monoisotopic (exact) mass is 407 g/mol. The van der Waals surface area contributed by atoms with E-state index in [9.17, 15) is 9.59 Å². The first kappa shape index (κ1) is 18.9. The van der Waals surface area contributed by atoms with Crippen LogP contribution in [-0.2, 0) is 11.3 Å². The van der Waals surface area contributed by atoms with Gasteiger partial charge in [0.2, 0.25) is 5.91 Å². The van der Waals surface area contributed by atoms with Crippen molar-refractivity contribution in [3.63, 3.8) is 0 Å². The average Bonchev–Trinajstić information content (AvgIpc) is 3.16. The van der Waals surface area contributed by atoms with Crippen molar-refractivity contribution in [2.45, 2.75) is 19.9 Å². The summed E-state index contributed by atoms with van der Waals surface area (Å²) in [7, 11) is 0. The molecule has 0 spiro atoms. The largest absolute Gasteiger partial charge is 0.326 e. The van der Waals surface area contributed by atoms with E-state index in [-0.39, 0.29) is 24.4 Å². The number of benzene rings is 2. The zero-order valence-electron chi connectivity index (χ0n) is 15.7. The van der Waals surface area contributed by atoms with Crippen molar-refractivity contribution < 1.29 is 4.79 Å². The van der Waals surface area contributed by atoms with Crippen molar-refractivity contribution in [2.75, 3.05) is 5.32 Å². The summed E-state index contributed by atoms with van der Waals surface area (Å²) in [6, 6.07) is 14.8. The van der Waals surface area contributed by atoms with E-state index in [2.05, 4.69) is 15.4 Å². The number of halogens is 1. The third-order valence-corrected chi connectivity index (χ3v) is 5.09. The van der Waals surface area contributed by atoms with Gasteiger partial charge in [0.25, 0.3) is 5.56 Å². The molecule has 0 fully saturated rings. The number of rotatable bonds is 5. The zero-order valence-corrected chi connectivity index (χ0v) is 16.4. The van der Waals surface area contributed by atoms with Gasteiger partial charge in [-0.2, -0.15) is 5.10 Å². The lowest BCUT2D eigenvalue weighted by Gasteiger charge is -2.10. The number of carbonyl (C=O) groups is 1. The second kappa shape index (κ2) is 7.89. The molecule has 29 heavy (non-hydrogen) atoms. The molecular weight excluding hydrogens is 390 g/mol. The molecule has 0 aliphatic carbocycles. The normalized spacial score (nSPS) is 11.0. The van der Waals surface area contributed by atoms with Gasteiger partial charge in [-0.3, -0.25) is 14.2 Å². The Balaban J connectivity index is 1.52. The smallest absolute Gasteiger partial charge is 0.264 e. The third-order valence-electron chi connectivity index (χ3n) is 4.68. The van der Waals surface area contributed by atoms with E-state index >= 15 is 0 Å². The fraction of sp³-hybridized carbons (Fsp3) is 0.143. The fourth-order valence-corrected chi connectivity index (χ4v) is 3.22. The van der Waals surface area contributed by atoms with Gasteiger partial charge in [-0.05, 0) is 36.8 Å². The molecule has 8 heteroatoms. The van der Waals surface area contributed by atoms with Gasteiger partial charge in [-0.25, -0.2) is 9.67 Å². The summed E-state index contributed by atoms with van der Waals surface area (Å²) < 4.78 is 3.04. The Morgan fingerprint density at radius 3 is 2.72 bits per heavy atom. The lowest BCUT2D eigenvalue weighted by atomic mass is 10.2. The predicted molar refractivity (Wildman–Crippen MR) is 113 cm³/mol. The van der Waals surface area contributed by atoms with Crippen LogP contribution in [0, 0.1) is 6.92 Å². The van der Waals surface area contributed by atoms with E-state index in [1.54, 1.807) is 22.9 Å². The molecule has 0 bridgehead atoms. The summed E-state index contributed by atoms with van der Waals surface area (Å²) in [6.45, 7) is 2.05. The number of hydrogen-bond donors (Lipinski definition) is 1. The van der Waals surface area contributed by atoms with Crippen molar-refractivity contribution in [3.05, 3.63) is 82.0 Å². The number of anilines is 1. The van der Waals surface area contributed by atoms with Gasteiger partial charge >= 0.3 is 0 Å². The van der Waals surface area contributed by atoms with E-state index < -0.39 is 0 Å². The maximum absolute atomic E-state index is 12.8. The molecule has 0 radical (unpaired) electrons. The predicted octanol–water partition coefficient (Wildman–Crippen LogP) is 3.57. The van der Waals surface area contributed by atoms with Crippen LogP contribution in [0.2, 0.25) is 5.02 Å². The number of aromatic nitrogens is 4. The second-order valence-electron chi connectivity index (χ2n) is 6.58. The summed E-state index contributed by atoms with van der Waals surface area (Å²) in [5.41, 5.74) is 2.53. The number of hydrogen-bond acceptors (Lipinski definition) is 4. The van der Waals surface area contributed by atoms with Crippen molar-refractivity contribution in [2.24, 2.45) is 0 Å². The lowest BCUT2D eigenvalue weighted by Crippen LogP contribution is -2.23. The van der Waals surface area contributed by atoms with E-state index in [0.717, 1.165) is 11.3 Å². The average molecular weight is 408 g/mol. The van der Waals surface area contributed by atoms with Crippen LogP contribution in [-0.4, -0.2) is 25.2 Å². The fourth-order valence-electron chi connectivity index (χ4n) is 3.04. The molecule has 0 aliphatic rings. The van der Waals surface area contributed by atoms with Crippen LogP contribution < -0.4 is 10.9 Å². The maximum Gasteiger partial charge on any atom is 0.264 e. The first-order chi connectivity index (χ1) is 14.0. The number of fused-ring (bicyclic) bond motifs is 1. The molecule has 2 aromatic carbocycles. The molecule has 1 amide bonds. The molecule has 0 unspecified atom stereocenters. The summed E-state index contributed by atoms with van der Waals surface area (Å²) in [4.78, 5) is 29.5. The first-order valence-electron chi connectivity index (χ1n) is 9.08. The number of carbonyl (C=O) groups excluding carboxylic acids is 1. The Morgan fingerprint density at radius 1 is 1.14 bits per heavy atom. The molecule has 4 aromatic rings. The Kier molecular flexibility index (Phi) is 5.14. The van der Waals surface area contributed by atoms with Crippen LogP contribution in [0.25, 0.3) is 16.7 Å². The van der Waals surface area contributed by atoms with Crippen LogP contribution in [0.15, 0.2) is 65.8 Å². The second-order valence-corrected chi connectivity index (χ2v) is 6.99. The van der Waals surface area contributed by atoms with Crippen molar-refractivity contribution >= 4 is 34.2 Å². The van der Waals surface area contributed by atoms with Crippen LogP contribution in [0.1, 0.15) is 12.0 Å². The van der Waals surface area contributed by atoms with E-state index in [1.807, 2.05) is 37.3 Å². The number of para-hydroxylation sites is 1. The number of nitrogens with one attached hydrogen (secondary N) is 1. The molecule has 0 aliphatic heterocycles. The highest BCUT2D eigenvalue weighted by Gasteiger charge is 2.13. The van der Waals surface area contributed by atoms with Gasteiger partial charge in [0.1, 0.15) is 5.39 Å². The molecule has 146 valence electrons. The summed E-state index contributed by atoms with van der Waals surface area (Å²) in [5, 5.41) is 8.11. The van der Waals surface area contributed by atoms with Crippen molar-refractivity contribution in [3.8, 4) is 5.69 Å². The van der Waals surface area contributed by atoms with Gasteiger partial charge in [0, 0.05) is 23.7 Å². The zero-order chi connectivity index (χ0) is 20.4. The Morgan fingerprint density at radius 2 is 1.93 bits per heavy atom. The molecular formula is C21H18ClN5O2. The minimum Gasteiger partial charge on any atom is -0.326 e. The molecule has 0 saturated heterocycles. The highest BCUT2D eigenvalue weighted by atomic mass is 35.5. The van der Waals surface area contributed by atoms with Crippen LogP contribution in [0.4, 0.5) is 5.69 Å². The van der Waals surface area contributed by atoms with E-state index in [4.69, 9.17) is 11.6 Å². The Labute approximate surface area is 171 Å². The number of nitrogens with zero attached hydrogens (tertiary/aromatic N) is 4. The van der Waals surface area contributed by atoms with Crippen molar-refractivity contribution in [1.29, 1.82) is 0 Å². The van der Waals surface area contributed by atoms with Crippen molar-refractivity contribution in [1.82, 2.24) is 19.3 Å². The molecule has 7 nitrogen and oxygen atoms in total. The standard InChI is InChI=1S/C21H18ClN5O2/c1-14-17(22)8-5-9-18(14)25-19(28)10-11-26-13-23-20-16(21(26)29)12-24-27(20)15-6-3-2-4-7-15/h2-9,12-13H,10-11H2,1H3,(H,25,28). The van der Waals surface area contributed by atoms with Crippen LogP contribution in [0.5, 0.6) is 0 Å². The third kappa shape index (κ3) is 3.77. The highest BCUT2D eigenvalue weighted by molar-refractivity contribution is 6.31.